The van der Waals surface area contributed by atoms with Crippen molar-refractivity contribution in [3.8, 4) is 5.75 Å². The number of rotatable bonds is 7. The first-order valence-corrected chi connectivity index (χ1v) is 9.14. The highest BCUT2D eigenvalue weighted by Crippen LogP contribution is 2.31. The number of carbonyl (C=O) groups excluding carboxylic acids is 1. The molecule has 0 spiro atoms. The lowest BCUT2D eigenvalue weighted by molar-refractivity contribution is -0.123. The van der Waals surface area contributed by atoms with Crippen LogP contribution in [0.2, 0.25) is 5.02 Å². The zero-order valence-electron chi connectivity index (χ0n) is 14.7. The molecule has 0 aliphatic rings. The second-order valence-electron chi connectivity index (χ2n) is 6.37. The molecule has 3 rings (SSSR count). The van der Waals surface area contributed by atoms with Crippen molar-refractivity contribution in [3.05, 3.63) is 77.3 Å². The number of aryl methyl sites for hydroxylation is 1. The zero-order valence-corrected chi connectivity index (χ0v) is 15.5. The molecule has 134 valence electrons. The second-order valence-corrected chi connectivity index (χ2v) is 6.78. The fourth-order valence-corrected chi connectivity index (χ4v) is 3.15. The maximum atomic E-state index is 12.2. The standard InChI is InChI=1S/C22H22ClNO2/c1-16(11-12-17-7-3-2-4-8-17)24-22(25)15-26-21-14-13-20(23)18-9-5-6-10-19(18)21/h2-10,13-14,16H,11-12,15H2,1H3,(H,24,25)/t16-/m1/s1. The largest absolute Gasteiger partial charge is 0.483 e. The maximum absolute atomic E-state index is 12.2. The van der Waals surface area contributed by atoms with Crippen LogP contribution in [-0.2, 0) is 11.2 Å². The molecular weight excluding hydrogens is 346 g/mol. The number of fused-ring (bicyclic) bond motifs is 1. The van der Waals surface area contributed by atoms with Crippen LogP contribution in [0.1, 0.15) is 18.9 Å². The molecular formula is C22H22ClNO2. The van der Waals surface area contributed by atoms with Crippen LogP contribution in [0, 0.1) is 0 Å². The van der Waals surface area contributed by atoms with Crippen molar-refractivity contribution in [2.75, 3.05) is 6.61 Å². The SMILES string of the molecule is C[C@H](CCc1ccccc1)NC(=O)COc1ccc(Cl)c2ccccc12. The summed E-state index contributed by atoms with van der Waals surface area (Å²) in [6.45, 7) is 2.00. The second kappa shape index (κ2) is 8.72. The molecule has 3 nitrogen and oxygen atoms in total. The summed E-state index contributed by atoms with van der Waals surface area (Å²) in [5.41, 5.74) is 1.28. The molecule has 1 atom stereocenters. The van der Waals surface area contributed by atoms with Crippen molar-refractivity contribution in [2.24, 2.45) is 0 Å². The molecule has 0 aliphatic carbocycles. The molecule has 26 heavy (non-hydrogen) atoms. The Morgan fingerprint density at radius 1 is 1.00 bits per heavy atom. The molecule has 0 fully saturated rings. The van der Waals surface area contributed by atoms with Gasteiger partial charge in [-0.1, -0.05) is 66.2 Å². The van der Waals surface area contributed by atoms with Gasteiger partial charge in [0.25, 0.3) is 5.91 Å². The molecule has 0 heterocycles. The van der Waals surface area contributed by atoms with E-state index in [9.17, 15) is 4.79 Å². The fraction of sp³-hybridized carbons (Fsp3) is 0.227. The summed E-state index contributed by atoms with van der Waals surface area (Å²) in [6, 6.07) is 21.7. The summed E-state index contributed by atoms with van der Waals surface area (Å²) in [6.07, 6.45) is 1.82. The maximum Gasteiger partial charge on any atom is 0.258 e. The van der Waals surface area contributed by atoms with Crippen LogP contribution >= 0.6 is 11.6 Å². The first-order chi connectivity index (χ1) is 12.6. The van der Waals surface area contributed by atoms with E-state index < -0.39 is 0 Å². The summed E-state index contributed by atoms with van der Waals surface area (Å²) in [5.74, 6) is 0.543. The summed E-state index contributed by atoms with van der Waals surface area (Å²) in [5, 5.41) is 5.49. The van der Waals surface area contributed by atoms with Gasteiger partial charge in [-0.05, 0) is 37.5 Å². The number of benzene rings is 3. The molecule has 1 N–H and O–H groups in total. The Kier molecular flexibility index (Phi) is 6.13. The van der Waals surface area contributed by atoms with E-state index in [1.807, 2.05) is 49.4 Å². The Hall–Kier alpha value is -2.52. The third kappa shape index (κ3) is 4.77. The van der Waals surface area contributed by atoms with Crippen LogP contribution in [0.3, 0.4) is 0 Å². The van der Waals surface area contributed by atoms with Crippen LogP contribution in [0.25, 0.3) is 10.8 Å². The van der Waals surface area contributed by atoms with E-state index in [1.54, 1.807) is 12.1 Å². The molecule has 0 saturated heterocycles. The fourth-order valence-electron chi connectivity index (χ4n) is 2.92. The van der Waals surface area contributed by atoms with Crippen LogP contribution in [-0.4, -0.2) is 18.6 Å². The van der Waals surface area contributed by atoms with E-state index in [4.69, 9.17) is 16.3 Å². The Labute approximate surface area is 158 Å². The summed E-state index contributed by atoms with van der Waals surface area (Å²) < 4.78 is 5.73. The Morgan fingerprint density at radius 2 is 1.69 bits per heavy atom. The average molecular weight is 368 g/mol. The van der Waals surface area contributed by atoms with Gasteiger partial charge in [-0.2, -0.15) is 0 Å². The molecule has 3 aromatic carbocycles. The molecule has 0 aromatic heterocycles. The summed E-state index contributed by atoms with van der Waals surface area (Å²) in [4.78, 5) is 12.2. The van der Waals surface area contributed by atoms with E-state index >= 15 is 0 Å². The van der Waals surface area contributed by atoms with Gasteiger partial charge in [0.2, 0.25) is 0 Å². The zero-order chi connectivity index (χ0) is 18.4. The highest BCUT2D eigenvalue weighted by Gasteiger charge is 2.10. The Morgan fingerprint density at radius 3 is 2.46 bits per heavy atom. The minimum absolute atomic E-state index is 0.0126. The average Bonchev–Trinajstić information content (AvgIpc) is 2.67. The molecule has 0 aliphatic heterocycles. The lowest BCUT2D eigenvalue weighted by Gasteiger charge is -2.15. The van der Waals surface area contributed by atoms with Gasteiger partial charge in [0.05, 0.1) is 0 Å². The van der Waals surface area contributed by atoms with E-state index in [0.717, 1.165) is 23.6 Å². The number of halogens is 1. The lowest BCUT2D eigenvalue weighted by Crippen LogP contribution is -2.36. The quantitative estimate of drug-likeness (QED) is 0.637. The molecule has 0 bridgehead atoms. The number of carbonyl (C=O) groups is 1. The molecule has 0 unspecified atom stereocenters. The topological polar surface area (TPSA) is 38.3 Å². The van der Waals surface area contributed by atoms with Crippen molar-refractivity contribution >= 4 is 28.3 Å². The lowest BCUT2D eigenvalue weighted by atomic mass is 10.1. The highest BCUT2D eigenvalue weighted by molar-refractivity contribution is 6.35. The number of hydrogen-bond acceptors (Lipinski definition) is 2. The van der Waals surface area contributed by atoms with Gasteiger partial charge in [-0.3, -0.25) is 4.79 Å². The summed E-state index contributed by atoms with van der Waals surface area (Å²) >= 11 is 6.21. The van der Waals surface area contributed by atoms with Crippen molar-refractivity contribution in [1.29, 1.82) is 0 Å². The number of ether oxygens (including phenoxy) is 1. The number of amides is 1. The van der Waals surface area contributed by atoms with Crippen molar-refractivity contribution < 1.29 is 9.53 Å². The summed E-state index contributed by atoms with van der Waals surface area (Å²) in [7, 11) is 0. The van der Waals surface area contributed by atoms with E-state index in [-0.39, 0.29) is 18.6 Å². The minimum atomic E-state index is -0.121. The molecule has 0 saturated carbocycles. The third-order valence-corrected chi connectivity index (χ3v) is 4.64. The molecule has 3 aromatic rings. The highest BCUT2D eigenvalue weighted by atomic mass is 35.5. The smallest absolute Gasteiger partial charge is 0.258 e. The molecule has 1 amide bonds. The van der Waals surface area contributed by atoms with Gasteiger partial charge in [0.1, 0.15) is 5.75 Å². The third-order valence-electron chi connectivity index (χ3n) is 4.31. The van der Waals surface area contributed by atoms with Crippen LogP contribution in [0.5, 0.6) is 5.75 Å². The van der Waals surface area contributed by atoms with Crippen LogP contribution in [0.15, 0.2) is 66.7 Å². The minimum Gasteiger partial charge on any atom is -0.483 e. The Balaban J connectivity index is 1.52. The van der Waals surface area contributed by atoms with Crippen LogP contribution in [0.4, 0.5) is 0 Å². The first-order valence-electron chi connectivity index (χ1n) is 8.77. The molecule has 0 radical (unpaired) electrons. The van der Waals surface area contributed by atoms with Gasteiger partial charge in [0, 0.05) is 21.8 Å². The van der Waals surface area contributed by atoms with Gasteiger partial charge < -0.3 is 10.1 Å². The predicted molar refractivity (Wildman–Crippen MR) is 107 cm³/mol. The Bertz CT molecular complexity index is 880. The van der Waals surface area contributed by atoms with Gasteiger partial charge >= 0.3 is 0 Å². The van der Waals surface area contributed by atoms with Crippen LogP contribution < -0.4 is 10.1 Å². The number of hydrogen-bond donors (Lipinski definition) is 1. The van der Waals surface area contributed by atoms with Crippen molar-refractivity contribution in [1.82, 2.24) is 5.32 Å². The molecule has 4 heteroatoms. The monoisotopic (exact) mass is 367 g/mol. The normalized spacial score (nSPS) is 11.9. The van der Waals surface area contributed by atoms with Gasteiger partial charge in [0.15, 0.2) is 6.61 Å². The van der Waals surface area contributed by atoms with Gasteiger partial charge in [-0.25, -0.2) is 0 Å². The number of nitrogens with one attached hydrogen (secondary N) is 1. The first kappa shape index (κ1) is 18.3. The van der Waals surface area contributed by atoms with E-state index in [2.05, 4.69) is 17.4 Å². The van der Waals surface area contributed by atoms with Gasteiger partial charge in [-0.15, -0.1) is 0 Å². The van der Waals surface area contributed by atoms with E-state index in [0.29, 0.717) is 10.8 Å². The van der Waals surface area contributed by atoms with Crippen molar-refractivity contribution in [3.63, 3.8) is 0 Å². The predicted octanol–water partition coefficient (Wildman–Crippen LogP) is 5.01. The van der Waals surface area contributed by atoms with Crippen molar-refractivity contribution in [2.45, 2.75) is 25.8 Å². The van der Waals surface area contributed by atoms with E-state index in [1.165, 1.54) is 5.56 Å².